The quantitative estimate of drug-likeness (QED) is 0.602. The van der Waals surface area contributed by atoms with Crippen LogP contribution in [0.25, 0.3) is 0 Å². The molecule has 2 fully saturated rings. The second-order valence-corrected chi connectivity index (χ2v) is 3.97. The van der Waals surface area contributed by atoms with Gasteiger partial charge in [0.25, 0.3) is 0 Å². The lowest BCUT2D eigenvalue weighted by molar-refractivity contribution is 0.0265. The van der Waals surface area contributed by atoms with E-state index in [-0.39, 0.29) is 0 Å². The highest BCUT2D eigenvalue weighted by molar-refractivity contribution is 5.03. The Kier molecular flexibility index (Phi) is 1.90. The summed E-state index contributed by atoms with van der Waals surface area (Å²) in [5.74, 6) is 0. The Morgan fingerprint density at radius 3 is 2.73 bits per heavy atom. The van der Waals surface area contributed by atoms with Crippen LogP contribution < -0.4 is 5.32 Å². The van der Waals surface area contributed by atoms with Gasteiger partial charge in [0.2, 0.25) is 0 Å². The summed E-state index contributed by atoms with van der Waals surface area (Å²) in [4.78, 5) is 2.51. The van der Waals surface area contributed by atoms with Crippen molar-refractivity contribution in [3.8, 4) is 0 Å². The lowest BCUT2D eigenvalue weighted by Crippen LogP contribution is -2.70. The van der Waals surface area contributed by atoms with Gasteiger partial charge in [-0.05, 0) is 25.9 Å². The van der Waals surface area contributed by atoms with Crippen molar-refractivity contribution in [2.45, 2.75) is 31.7 Å². The van der Waals surface area contributed by atoms with Crippen LogP contribution >= 0.6 is 0 Å². The fraction of sp³-hybridized carbons (Fsp3) is 1.00. The molecule has 0 amide bonds. The van der Waals surface area contributed by atoms with Crippen LogP contribution in [0, 0.1) is 0 Å². The molecule has 0 radical (unpaired) electrons. The van der Waals surface area contributed by atoms with E-state index in [4.69, 9.17) is 0 Å². The first-order valence-corrected chi connectivity index (χ1v) is 4.82. The van der Waals surface area contributed by atoms with Crippen molar-refractivity contribution in [3.63, 3.8) is 0 Å². The molecule has 0 aliphatic carbocycles. The monoisotopic (exact) mass is 154 g/mol. The van der Waals surface area contributed by atoms with E-state index in [2.05, 4.69) is 17.1 Å². The Labute approximate surface area is 69.0 Å². The minimum absolute atomic E-state index is 0.550. The van der Waals surface area contributed by atoms with Gasteiger partial charge in [0.05, 0.1) is 0 Å². The molecular formula is C9H18N2. The number of hydrogen-bond donors (Lipinski definition) is 1. The molecule has 0 bridgehead atoms. The third kappa shape index (κ3) is 1.30. The van der Waals surface area contributed by atoms with Gasteiger partial charge in [0.15, 0.2) is 0 Å². The van der Waals surface area contributed by atoms with E-state index in [0.29, 0.717) is 5.54 Å². The van der Waals surface area contributed by atoms with Crippen molar-refractivity contribution in [1.82, 2.24) is 10.2 Å². The molecule has 0 saturated carbocycles. The molecule has 2 aliphatic rings. The molecule has 0 unspecified atom stereocenters. The first-order chi connectivity index (χ1) is 5.35. The average molecular weight is 154 g/mol. The number of likely N-dealkylation sites (N-methyl/N-ethyl adjacent to an activating group) is 1. The highest BCUT2D eigenvalue weighted by atomic mass is 15.3. The first-order valence-electron chi connectivity index (χ1n) is 4.82. The van der Waals surface area contributed by atoms with E-state index in [1.807, 2.05) is 0 Å². The number of nitrogens with zero attached hydrogens (tertiary/aromatic N) is 1. The van der Waals surface area contributed by atoms with Crippen molar-refractivity contribution in [3.05, 3.63) is 0 Å². The van der Waals surface area contributed by atoms with Crippen LogP contribution in [0.4, 0.5) is 0 Å². The summed E-state index contributed by atoms with van der Waals surface area (Å²) in [6.07, 6.45) is 4.22. The van der Waals surface area contributed by atoms with Crippen LogP contribution in [-0.2, 0) is 0 Å². The van der Waals surface area contributed by atoms with Gasteiger partial charge in [-0.25, -0.2) is 0 Å². The minimum atomic E-state index is 0.550. The van der Waals surface area contributed by atoms with E-state index >= 15 is 0 Å². The van der Waals surface area contributed by atoms with E-state index in [0.717, 1.165) is 0 Å². The van der Waals surface area contributed by atoms with Crippen LogP contribution in [0.1, 0.15) is 26.2 Å². The van der Waals surface area contributed by atoms with Crippen molar-refractivity contribution in [1.29, 1.82) is 0 Å². The molecule has 1 spiro atoms. The smallest absolute Gasteiger partial charge is 0.0437 e. The molecule has 2 heterocycles. The fourth-order valence-corrected chi connectivity index (χ4v) is 2.33. The zero-order chi connectivity index (χ0) is 7.73. The van der Waals surface area contributed by atoms with Crippen LogP contribution in [0.15, 0.2) is 0 Å². The topological polar surface area (TPSA) is 15.3 Å². The molecule has 2 rings (SSSR count). The Hall–Kier alpha value is -0.0800. The molecule has 11 heavy (non-hydrogen) atoms. The van der Waals surface area contributed by atoms with Gasteiger partial charge in [-0.1, -0.05) is 13.3 Å². The van der Waals surface area contributed by atoms with Gasteiger partial charge in [0, 0.05) is 18.6 Å². The molecule has 0 aromatic rings. The molecular weight excluding hydrogens is 136 g/mol. The predicted molar refractivity (Wildman–Crippen MR) is 46.7 cm³/mol. The van der Waals surface area contributed by atoms with Crippen LogP contribution in [0.2, 0.25) is 0 Å². The summed E-state index contributed by atoms with van der Waals surface area (Å²) in [6, 6.07) is 0. The van der Waals surface area contributed by atoms with E-state index in [1.54, 1.807) is 0 Å². The zero-order valence-electron chi connectivity index (χ0n) is 7.40. The molecule has 2 heteroatoms. The average Bonchev–Trinajstić information content (AvgIpc) is 2.01. The predicted octanol–water partition coefficient (Wildman–Crippen LogP) is 0.834. The number of hydrogen-bond acceptors (Lipinski definition) is 2. The lowest BCUT2D eigenvalue weighted by atomic mass is 9.82. The van der Waals surface area contributed by atoms with Crippen molar-refractivity contribution in [2.24, 2.45) is 0 Å². The molecule has 2 saturated heterocycles. The molecule has 0 atom stereocenters. The lowest BCUT2D eigenvalue weighted by Gasteiger charge is -2.52. The van der Waals surface area contributed by atoms with Gasteiger partial charge < -0.3 is 5.32 Å². The molecule has 1 N–H and O–H groups in total. The second kappa shape index (κ2) is 2.76. The van der Waals surface area contributed by atoms with Crippen LogP contribution in [0.5, 0.6) is 0 Å². The van der Waals surface area contributed by atoms with E-state index < -0.39 is 0 Å². The highest BCUT2D eigenvalue weighted by Gasteiger charge is 2.42. The molecule has 2 aliphatic heterocycles. The standard InChI is InChI=1S/C9H18N2/c1-2-11-7-9(8-11)5-3-4-6-10-9/h10H,2-8H2,1H3. The van der Waals surface area contributed by atoms with Gasteiger partial charge in [-0.2, -0.15) is 0 Å². The number of nitrogens with one attached hydrogen (secondary N) is 1. The maximum atomic E-state index is 3.65. The minimum Gasteiger partial charge on any atom is -0.309 e. The Morgan fingerprint density at radius 1 is 1.36 bits per heavy atom. The normalized spacial score (nSPS) is 30.3. The summed E-state index contributed by atoms with van der Waals surface area (Å²) in [6.45, 7) is 7.31. The summed E-state index contributed by atoms with van der Waals surface area (Å²) >= 11 is 0. The van der Waals surface area contributed by atoms with Gasteiger partial charge in [0.1, 0.15) is 0 Å². The zero-order valence-corrected chi connectivity index (χ0v) is 7.40. The van der Waals surface area contributed by atoms with Gasteiger partial charge >= 0.3 is 0 Å². The van der Waals surface area contributed by atoms with Crippen molar-refractivity contribution >= 4 is 0 Å². The summed E-state index contributed by atoms with van der Waals surface area (Å²) in [5, 5.41) is 3.65. The number of rotatable bonds is 1. The molecule has 64 valence electrons. The number of likely N-dealkylation sites (tertiary alicyclic amines) is 1. The Balaban J connectivity index is 1.84. The largest absolute Gasteiger partial charge is 0.309 e. The maximum Gasteiger partial charge on any atom is 0.0437 e. The van der Waals surface area contributed by atoms with Gasteiger partial charge in [-0.3, -0.25) is 4.90 Å². The number of piperidine rings is 1. The molecule has 0 aromatic heterocycles. The summed E-state index contributed by atoms with van der Waals surface area (Å²) < 4.78 is 0. The summed E-state index contributed by atoms with van der Waals surface area (Å²) in [7, 11) is 0. The fourth-order valence-electron chi connectivity index (χ4n) is 2.33. The van der Waals surface area contributed by atoms with Crippen molar-refractivity contribution < 1.29 is 0 Å². The SMILES string of the molecule is CCN1CC2(CCCCN2)C1. The third-order valence-electron chi connectivity index (χ3n) is 3.08. The summed E-state index contributed by atoms with van der Waals surface area (Å²) in [5.41, 5.74) is 0.550. The maximum absolute atomic E-state index is 3.65. The van der Waals surface area contributed by atoms with E-state index in [9.17, 15) is 0 Å². The second-order valence-electron chi connectivity index (χ2n) is 3.97. The van der Waals surface area contributed by atoms with E-state index in [1.165, 1.54) is 45.4 Å². The highest BCUT2D eigenvalue weighted by Crippen LogP contribution is 2.28. The third-order valence-corrected chi connectivity index (χ3v) is 3.08. The van der Waals surface area contributed by atoms with Crippen molar-refractivity contribution in [2.75, 3.05) is 26.2 Å². The first kappa shape index (κ1) is 7.56. The van der Waals surface area contributed by atoms with Crippen LogP contribution in [-0.4, -0.2) is 36.6 Å². The van der Waals surface area contributed by atoms with Crippen LogP contribution in [0.3, 0.4) is 0 Å². The molecule has 0 aromatic carbocycles. The Morgan fingerprint density at radius 2 is 2.18 bits per heavy atom. The van der Waals surface area contributed by atoms with Gasteiger partial charge in [-0.15, -0.1) is 0 Å². The molecule has 2 nitrogen and oxygen atoms in total. The Bertz CT molecular complexity index is 130.